The van der Waals surface area contributed by atoms with Gasteiger partial charge in [0.25, 0.3) is 0 Å². The SMILES string of the molecule is COC(=O)N1CCO[C@@H](Cn2c(-c3c(F)cc(C(=O)O)cc3F)cc3cc(C)cnc32)C1. The molecule has 0 spiro atoms. The average Bonchev–Trinajstić information content (AvgIpc) is 3.09. The molecule has 0 saturated carbocycles. The van der Waals surface area contributed by atoms with Crippen LogP contribution < -0.4 is 0 Å². The predicted molar refractivity (Wildman–Crippen MR) is 110 cm³/mol. The highest BCUT2D eigenvalue weighted by Gasteiger charge is 2.28. The first kappa shape index (κ1) is 21.7. The van der Waals surface area contributed by atoms with Crippen LogP contribution in [0.2, 0.25) is 0 Å². The molecule has 0 aliphatic carbocycles. The third kappa shape index (κ3) is 4.01. The van der Waals surface area contributed by atoms with Crippen LogP contribution in [0.4, 0.5) is 13.6 Å². The van der Waals surface area contributed by atoms with Gasteiger partial charge in [0, 0.05) is 18.1 Å². The molecule has 1 N–H and O–H groups in total. The molecule has 32 heavy (non-hydrogen) atoms. The number of aromatic carboxylic acids is 1. The molecule has 1 aliphatic heterocycles. The summed E-state index contributed by atoms with van der Waals surface area (Å²) < 4.78 is 42.0. The summed E-state index contributed by atoms with van der Waals surface area (Å²) in [6, 6.07) is 5.03. The highest BCUT2D eigenvalue weighted by atomic mass is 19.1. The maximum atomic E-state index is 14.9. The number of hydrogen-bond donors (Lipinski definition) is 1. The van der Waals surface area contributed by atoms with Crippen LogP contribution in [0.25, 0.3) is 22.3 Å². The van der Waals surface area contributed by atoms with Crippen molar-refractivity contribution in [2.45, 2.75) is 19.6 Å². The van der Waals surface area contributed by atoms with E-state index in [2.05, 4.69) is 4.98 Å². The van der Waals surface area contributed by atoms with E-state index in [1.807, 2.05) is 13.0 Å². The number of carboxylic acids is 1. The van der Waals surface area contributed by atoms with Crippen LogP contribution in [0.3, 0.4) is 0 Å². The summed E-state index contributed by atoms with van der Waals surface area (Å²) in [6.45, 7) is 2.92. The monoisotopic (exact) mass is 445 g/mol. The van der Waals surface area contributed by atoms with Crippen LogP contribution in [0.5, 0.6) is 0 Å². The highest BCUT2D eigenvalue weighted by molar-refractivity contribution is 5.89. The molecular formula is C22H21F2N3O5. The van der Waals surface area contributed by atoms with Gasteiger partial charge in [-0.25, -0.2) is 23.4 Å². The number of pyridine rings is 1. The first-order valence-electron chi connectivity index (χ1n) is 9.91. The number of carboxylic acid groups (broad SMARTS) is 1. The summed E-state index contributed by atoms with van der Waals surface area (Å²) >= 11 is 0. The van der Waals surface area contributed by atoms with Crippen molar-refractivity contribution in [2.75, 3.05) is 26.8 Å². The van der Waals surface area contributed by atoms with E-state index in [1.165, 1.54) is 12.0 Å². The zero-order chi connectivity index (χ0) is 23.0. The molecule has 1 fully saturated rings. The van der Waals surface area contributed by atoms with Gasteiger partial charge in [-0.3, -0.25) is 0 Å². The molecule has 1 atom stereocenters. The Kier molecular flexibility index (Phi) is 5.79. The summed E-state index contributed by atoms with van der Waals surface area (Å²) in [6.07, 6.45) is 0.696. The lowest BCUT2D eigenvalue weighted by Gasteiger charge is -2.32. The lowest BCUT2D eigenvalue weighted by molar-refractivity contribution is -0.0310. The summed E-state index contributed by atoms with van der Waals surface area (Å²) in [4.78, 5) is 29.0. The molecule has 8 nitrogen and oxygen atoms in total. The number of nitrogens with zero attached hydrogens (tertiary/aromatic N) is 3. The van der Waals surface area contributed by atoms with E-state index in [0.717, 1.165) is 17.7 Å². The molecule has 1 amide bonds. The van der Waals surface area contributed by atoms with Crippen LogP contribution in [0.1, 0.15) is 15.9 Å². The normalized spacial score (nSPS) is 16.4. The number of morpholine rings is 1. The van der Waals surface area contributed by atoms with E-state index >= 15 is 0 Å². The van der Waals surface area contributed by atoms with Crippen molar-refractivity contribution in [3.8, 4) is 11.3 Å². The molecular weight excluding hydrogens is 424 g/mol. The molecule has 2 aromatic heterocycles. The number of aromatic nitrogens is 2. The zero-order valence-corrected chi connectivity index (χ0v) is 17.5. The standard InChI is InChI=1S/C22H21F2N3O5/c1-12-5-13-8-18(19-16(23)6-14(21(28)29)7-17(19)24)27(20(13)25-9-12)11-15-10-26(3-4-32-15)22(30)31-2/h5-9,15H,3-4,10-11H2,1-2H3,(H,28,29)/t15-/m1/s1. The molecule has 1 saturated heterocycles. The number of amides is 1. The van der Waals surface area contributed by atoms with Crippen LogP contribution in [-0.2, 0) is 16.0 Å². The quantitative estimate of drug-likeness (QED) is 0.661. The number of rotatable bonds is 4. The largest absolute Gasteiger partial charge is 0.478 e. The maximum Gasteiger partial charge on any atom is 0.409 e. The van der Waals surface area contributed by atoms with Crippen molar-refractivity contribution < 1.29 is 33.0 Å². The molecule has 3 aromatic rings. The van der Waals surface area contributed by atoms with Crippen LogP contribution >= 0.6 is 0 Å². The fourth-order valence-electron chi connectivity index (χ4n) is 3.92. The molecule has 4 rings (SSSR count). The van der Waals surface area contributed by atoms with E-state index in [0.29, 0.717) is 17.6 Å². The number of carbonyl (C=O) groups is 2. The summed E-state index contributed by atoms with van der Waals surface area (Å²) in [5.41, 5.74) is 0.722. The number of fused-ring (bicyclic) bond motifs is 1. The van der Waals surface area contributed by atoms with Gasteiger partial charge in [0.2, 0.25) is 0 Å². The number of hydrogen-bond acceptors (Lipinski definition) is 5. The average molecular weight is 445 g/mol. The van der Waals surface area contributed by atoms with E-state index in [9.17, 15) is 18.4 Å². The molecule has 1 aliphatic rings. The van der Waals surface area contributed by atoms with Gasteiger partial charge in [-0.1, -0.05) is 0 Å². The second-order valence-corrected chi connectivity index (χ2v) is 7.59. The number of benzene rings is 1. The van der Waals surface area contributed by atoms with Gasteiger partial charge in [-0.2, -0.15) is 0 Å². The van der Waals surface area contributed by atoms with Gasteiger partial charge in [0.05, 0.1) is 49.7 Å². The topological polar surface area (TPSA) is 93.9 Å². The molecule has 3 heterocycles. The summed E-state index contributed by atoms with van der Waals surface area (Å²) in [7, 11) is 1.29. The maximum absolute atomic E-state index is 14.9. The molecule has 0 unspecified atom stereocenters. The van der Waals surface area contributed by atoms with E-state index in [1.54, 1.807) is 16.8 Å². The third-order valence-electron chi connectivity index (χ3n) is 5.37. The lowest BCUT2D eigenvalue weighted by atomic mass is 10.1. The van der Waals surface area contributed by atoms with E-state index < -0.39 is 35.4 Å². The first-order chi connectivity index (χ1) is 15.3. The van der Waals surface area contributed by atoms with Gasteiger partial charge in [-0.05, 0) is 36.8 Å². The van der Waals surface area contributed by atoms with Gasteiger partial charge >= 0.3 is 12.1 Å². The lowest BCUT2D eigenvalue weighted by Crippen LogP contribution is -2.47. The minimum atomic E-state index is -1.43. The Balaban J connectivity index is 1.80. The Bertz CT molecular complexity index is 1190. The molecule has 168 valence electrons. The second-order valence-electron chi connectivity index (χ2n) is 7.59. The summed E-state index contributed by atoms with van der Waals surface area (Å²) in [5.74, 6) is -3.42. The third-order valence-corrected chi connectivity index (χ3v) is 5.37. The minimum absolute atomic E-state index is 0.169. The zero-order valence-electron chi connectivity index (χ0n) is 17.5. The Hall–Kier alpha value is -3.53. The smallest absolute Gasteiger partial charge is 0.409 e. The van der Waals surface area contributed by atoms with E-state index in [4.69, 9.17) is 14.6 Å². The highest BCUT2D eigenvalue weighted by Crippen LogP contribution is 2.33. The number of halogens is 2. The number of methoxy groups -OCH3 is 1. The second kappa shape index (κ2) is 8.54. The summed E-state index contributed by atoms with van der Waals surface area (Å²) in [5, 5.41) is 9.76. The molecule has 0 bridgehead atoms. The predicted octanol–water partition coefficient (Wildman–Crippen LogP) is 3.46. The Labute approximate surface area is 182 Å². The number of ether oxygens (including phenoxy) is 2. The fraction of sp³-hybridized carbons (Fsp3) is 0.318. The van der Waals surface area contributed by atoms with Crippen molar-refractivity contribution in [1.29, 1.82) is 0 Å². The molecule has 10 heteroatoms. The molecule has 0 radical (unpaired) electrons. The van der Waals surface area contributed by atoms with Crippen molar-refractivity contribution in [2.24, 2.45) is 0 Å². The first-order valence-corrected chi connectivity index (χ1v) is 9.91. The van der Waals surface area contributed by atoms with Gasteiger partial charge in [0.15, 0.2) is 0 Å². The van der Waals surface area contributed by atoms with Crippen LogP contribution in [0, 0.1) is 18.6 Å². The van der Waals surface area contributed by atoms with Crippen LogP contribution in [-0.4, -0.2) is 64.5 Å². The Morgan fingerprint density at radius 3 is 2.62 bits per heavy atom. The van der Waals surface area contributed by atoms with E-state index in [-0.39, 0.29) is 31.0 Å². The van der Waals surface area contributed by atoms with Crippen molar-refractivity contribution in [1.82, 2.24) is 14.5 Å². The van der Waals surface area contributed by atoms with Crippen molar-refractivity contribution in [3.05, 3.63) is 53.2 Å². The van der Waals surface area contributed by atoms with Crippen LogP contribution in [0.15, 0.2) is 30.5 Å². The van der Waals surface area contributed by atoms with Crippen molar-refractivity contribution >= 4 is 23.1 Å². The number of carbonyl (C=O) groups excluding carboxylic acids is 1. The minimum Gasteiger partial charge on any atom is -0.478 e. The van der Waals surface area contributed by atoms with Gasteiger partial charge in [0.1, 0.15) is 17.3 Å². The van der Waals surface area contributed by atoms with Crippen molar-refractivity contribution in [3.63, 3.8) is 0 Å². The molecule has 1 aromatic carbocycles. The Morgan fingerprint density at radius 2 is 1.97 bits per heavy atom. The number of aryl methyl sites for hydroxylation is 1. The van der Waals surface area contributed by atoms with Gasteiger partial charge < -0.3 is 24.0 Å². The van der Waals surface area contributed by atoms with Gasteiger partial charge in [-0.15, -0.1) is 0 Å². The Morgan fingerprint density at radius 1 is 1.25 bits per heavy atom. The fourth-order valence-corrected chi connectivity index (χ4v) is 3.92.